The molecule has 0 bridgehead atoms. The van der Waals surface area contributed by atoms with E-state index in [4.69, 9.17) is 19.7 Å². The number of carbonyl (C=O) groups excluding carboxylic acids is 2. The quantitative estimate of drug-likeness (QED) is 0.232. The number of hydrogen-bond acceptors (Lipinski definition) is 8. The fourth-order valence-electron chi connectivity index (χ4n) is 2.79. The van der Waals surface area contributed by atoms with Crippen LogP contribution in [-0.4, -0.2) is 71.0 Å². The van der Waals surface area contributed by atoms with Gasteiger partial charge in [-0.1, -0.05) is 6.07 Å². The van der Waals surface area contributed by atoms with Crippen molar-refractivity contribution in [1.82, 2.24) is 0 Å². The van der Waals surface area contributed by atoms with Gasteiger partial charge in [-0.25, -0.2) is 9.59 Å². The maximum atomic E-state index is 12.1. The highest BCUT2D eigenvalue weighted by molar-refractivity contribution is 5.95. The third-order valence-corrected chi connectivity index (χ3v) is 4.59. The van der Waals surface area contributed by atoms with Crippen LogP contribution >= 0.6 is 0 Å². The molecule has 1 aromatic rings. The minimum Gasteiger partial charge on any atom is -0.462 e. The molecule has 8 nitrogen and oxygen atoms in total. The van der Waals surface area contributed by atoms with E-state index in [1.807, 2.05) is 0 Å². The molecule has 0 saturated carbocycles. The molecular weight excluding hydrogens is 392 g/mol. The summed E-state index contributed by atoms with van der Waals surface area (Å²) >= 11 is 0. The van der Waals surface area contributed by atoms with E-state index >= 15 is 0 Å². The Labute approximate surface area is 177 Å². The first-order valence-corrected chi connectivity index (χ1v) is 10.5. The van der Waals surface area contributed by atoms with E-state index in [0.29, 0.717) is 51.4 Å². The second-order valence-corrected chi connectivity index (χ2v) is 7.18. The van der Waals surface area contributed by atoms with Gasteiger partial charge in [-0.15, -0.1) is 0 Å². The predicted octanol–water partition coefficient (Wildman–Crippen LogP) is 1.83. The molecule has 0 radical (unpaired) electrons. The van der Waals surface area contributed by atoms with Gasteiger partial charge in [0.15, 0.2) is 0 Å². The highest BCUT2D eigenvalue weighted by Gasteiger charge is 2.14. The number of hydrogen-bond donors (Lipinski definition) is 4. The molecule has 0 aromatic heterocycles. The summed E-state index contributed by atoms with van der Waals surface area (Å²) in [6.07, 6.45) is 3.16. The summed E-state index contributed by atoms with van der Waals surface area (Å²) in [6.45, 7) is 0.293. The maximum Gasteiger partial charge on any atom is 0.338 e. The normalized spacial score (nSPS) is 12.9. The summed E-state index contributed by atoms with van der Waals surface area (Å²) in [5.74, 6) is -1.18. The van der Waals surface area contributed by atoms with E-state index in [0.717, 1.165) is 0 Å². The lowest BCUT2D eigenvalue weighted by atomic mass is 10.1. The Morgan fingerprint density at radius 2 is 1.17 bits per heavy atom. The van der Waals surface area contributed by atoms with Crippen LogP contribution < -0.4 is 0 Å². The first-order valence-electron chi connectivity index (χ1n) is 10.5. The second kappa shape index (κ2) is 15.8. The molecule has 0 saturated heterocycles. The van der Waals surface area contributed by atoms with Crippen LogP contribution in [0.2, 0.25) is 0 Å². The summed E-state index contributed by atoms with van der Waals surface area (Å²) < 4.78 is 10.3. The standard InChI is InChI=1S/C22H34O8/c23-12-3-1-8-19(25)10-14-29-21(27)17-6-5-7-18(16-17)22(28)30-15-11-20(26)9-2-4-13-24/h5-7,16,19-20,23-26H,1-4,8-15H2. The average molecular weight is 427 g/mol. The van der Waals surface area contributed by atoms with Gasteiger partial charge in [0.25, 0.3) is 0 Å². The van der Waals surface area contributed by atoms with E-state index in [1.165, 1.54) is 18.2 Å². The van der Waals surface area contributed by atoms with Crippen molar-refractivity contribution >= 4 is 11.9 Å². The summed E-state index contributed by atoms with van der Waals surface area (Å²) in [6, 6.07) is 6.00. The molecule has 0 spiro atoms. The molecule has 0 aliphatic carbocycles. The van der Waals surface area contributed by atoms with Crippen LogP contribution in [0.1, 0.15) is 72.1 Å². The molecule has 2 unspecified atom stereocenters. The monoisotopic (exact) mass is 426 g/mol. The summed E-state index contributed by atoms with van der Waals surface area (Å²) in [5, 5.41) is 37.0. The largest absolute Gasteiger partial charge is 0.462 e. The van der Waals surface area contributed by atoms with Crippen LogP contribution in [0.3, 0.4) is 0 Å². The molecule has 0 heterocycles. The maximum absolute atomic E-state index is 12.1. The molecule has 8 heteroatoms. The van der Waals surface area contributed by atoms with E-state index in [1.54, 1.807) is 6.07 Å². The van der Waals surface area contributed by atoms with Crippen LogP contribution in [0.4, 0.5) is 0 Å². The summed E-state index contributed by atoms with van der Waals surface area (Å²) in [7, 11) is 0. The third kappa shape index (κ3) is 11.3. The van der Waals surface area contributed by atoms with Crippen molar-refractivity contribution in [1.29, 1.82) is 0 Å². The Bertz CT molecular complexity index is 570. The first-order chi connectivity index (χ1) is 14.5. The first kappa shape index (κ1) is 26.0. The number of rotatable bonds is 16. The molecule has 0 aliphatic heterocycles. The van der Waals surface area contributed by atoms with E-state index in [-0.39, 0.29) is 37.6 Å². The van der Waals surface area contributed by atoms with Gasteiger partial charge in [0, 0.05) is 26.1 Å². The zero-order valence-corrected chi connectivity index (χ0v) is 17.4. The minimum absolute atomic E-state index is 0.0575. The average Bonchev–Trinajstić information content (AvgIpc) is 2.74. The third-order valence-electron chi connectivity index (χ3n) is 4.59. The number of esters is 2. The van der Waals surface area contributed by atoms with E-state index in [9.17, 15) is 19.8 Å². The lowest BCUT2D eigenvalue weighted by Gasteiger charge is -2.12. The summed E-state index contributed by atoms with van der Waals surface area (Å²) in [5.41, 5.74) is 0.423. The van der Waals surface area contributed by atoms with Gasteiger partial charge in [0.05, 0.1) is 36.5 Å². The van der Waals surface area contributed by atoms with Gasteiger partial charge in [0.1, 0.15) is 0 Å². The number of benzene rings is 1. The fourth-order valence-corrected chi connectivity index (χ4v) is 2.79. The zero-order valence-electron chi connectivity index (χ0n) is 17.4. The Balaban J connectivity index is 2.38. The molecule has 30 heavy (non-hydrogen) atoms. The Hall–Kier alpha value is -2.00. The number of ether oxygens (including phenoxy) is 2. The van der Waals surface area contributed by atoms with Crippen molar-refractivity contribution < 1.29 is 39.5 Å². The smallest absolute Gasteiger partial charge is 0.338 e. The molecule has 4 N–H and O–H groups in total. The molecule has 0 fully saturated rings. The van der Waals surface area contributed by atoms with Gasteiger partial charge in [-0.3, -0.25) is 0 Å². The SMILES string of the molecule is O=C(OCCC(O)CCCCO)c1cccc(C(=O)OCCC(O)CCCCO)c1. The van der Waals surface area contributed by atoms with Crippen LogP contribution in [0.25, 0.3) is 0 Å². The van der Waals surface area contributed by atoms with Crippen molar-refractivity contribution in [3.8, 4) is 0 Å². The van der Waals surface area contributed by atoms with Crippen LogP contribution in [-0.2, 0) is 9.47 Å². The minimum atomic E-state index is -0.593. The number of aliphatic hydroxyl groups excluding tert-OH is 4. The van der Waals surface area contributed by atoms with Gasteiger partial charge >= 0.3 is 11.9 Å². The van der Waals surface area contributed by atoms with Gasteiger partial charge < -0.3 is 29.9 Å². The fraction of sp³-hybridized carbons (Fsp3) is 0.636. The lowest BCUT2D eigenvalue weighted by molar-refractivity contribution is 0.0419. The number of carbonyl (C=O) groups is 2. The highest BCUT2D eigenvalue weighted by Crippen LogP contribution is 2.11. The van der Waals surface area contributed by atoms with Gasteiger partial charge in [0.2, 0.25) is 0 Å². The second-order valence-electron chi connectivity index (χ2n) is 7.18. The van der Waals surface area contributed by atoms with Crippen molar-refractivity contribution in [2.75, 3.05) is 26.4 Å². The molecule has 0 aliphatic rings. The highest BCUT2D eigenvalue weighted by atomic mass is 16.5. The Morgan fingerprint density at radius 1 is 0.733 bits per heavy atom. The Morgan fingerprint density at radius 3 is 1.57 bits per heavy atom. The van der Waals surface area contributed by atoms with Gasteiger partial charge in [-0.05, 0) is 56.7 Å². The molecule has 1 aromatic carbocycles. The lowest BCUT2D eigenvalue weighted by Crippen LogP contribution is -2.15. The van der Waals surface area contributed by atoms with Gasteiger partial charge in [-0.2, -0.15) is 0 Å². The van der Waals surface area contributed by atoms with Crippen molar-refractivity contribution in [2.24, 2.45) is 0 Å². The van der Waals surface area contributed by atoms with Crippen LogP contribution in [0.5, 0.6) is 0 Å². The molecule has 0 amide bonds. The van der Waals surface area contributed by atoms with E-state index in [2.05, 4.69) is 0 Å². The molecule has 170 valence electrons. The summed E-state index contributed by atoms with van der Waals surface area (Å²) in [4.78, 5) is 24.3. The van der Waals surface area contributed by atoms with Crippen molar-refractivity contribution in [3.63, 3.8) is 0 Å². The van der Waals surface area contributed by atoms with Crippen LogP contribution in [0.15, 0.2) is 24.3 Å². The van der Waals surface area contributed by atoms with Crippen molar-refractivity contribution in [3.05, 3.63) is 35.4 Å². The molecule has 1 rings (SSSR count). The zero-order chi connectivity index (χ0) is 22.2. The number of aliphatic hydroxyl groups is 4. The van der Waals surface area contributed by atoms with E-state index < -0.39 is 24.1 Å². The Kier molecular flexibility index (Phi) is 13.7. The topological polar surface area (TPSA) is 134 Å². The molecule has 2 atom stereocenters. The number of unbranched alkanes of at least 4 members (excludes halogenated alkanes) is 2. The predicted molar refractivity (Wildman–Crippen MR) is 110 cm³/mol. The van der Waals surface area contributed by atoms with Crippen molar-refractivity contribution in [2.45, 2.75) is 63.6 Å². The molecular formula is C22H34O8. The van der Waals surface area contributed by atoms with Crippen LogP contribution in [0, 0.1) is 0 Å².